The van der Waals surface area contributed by atoms with Gasteiger partial charge in [-0.25, -0.2) is 4.90 Å². The fourth-order valence-electron chi connectivity index (χ4n) is 5.33. The molecule has 2 saturated heterocycles. The number of carbonyl (C=O) groups is 4. The summed E-state index contributed by atoms with van der Waals surface area (Å²) in [6.45, 7) is 0. The van der Waals surface area contributed by atoms with Crippen LogP contribution in [0.5, 0.6) is 0 Å². The predicted octanol–water partition coefficient (Wildman–Crippen LogP) is 4.04. The molecule has 3 aliphatic rings. The number of carbonyl (C=O) groups excluding carboxylic acids is 4. The Morgan fingerprint density at radius 2 is 1.39 bits per heavy atom. The third-order valence-electron chi connectivity index (χ3n) is 6.71. The van der Waals surface area contributed by atoms with Gasteiger partial charge in [0.1, 0.15) is 0 Å². The van der Waals surface area contributed by atoms with Crippen molar-refractivity contribution < 1.29 is 23.9 Å². The lowest BCUT2D eigenvalue weighted by Gasteiger charge is -2.27. The quantitative estimate of drug-likeness (QED) is 0.428. The molecule has 0 bridgehead atoms. The summed E-state index contributed by atoms with van der Waals surface area (Å²) in [5.74, 6) is -4.62. The molecule has 6 rings (SSSR count). The first-order valence-electron chi connectivity index (χ1n) is 10.5. The number of hydrogen-bond acceptors (Lipinski definition) is 5. The normalized spacial score (nSPS) is 25.1. The van der Waals surface area contributed by atoms with Crippen LogP contribution in [-0.4, -0.2) is 29.0 Å². The van der Waals surface area contributed by atoms with Crippen LogP contribution >= 0.6 is 11.6 Å². The molecule has 2 amide bonds. The molecular formula is C26H16ClNO5. The molecule has 7 heteroatoms. The summed E-state index contributed by atoms with van der Waals surface area (Å²) >= 11 is 6.11. The average molecular weight is 458 g/mol. The lowest BCUT2D eigenvalue weighted by molar-refractivity contribution is -0.127. The van der Waals surface area contributed by atoms with E-state index in [1.165, 1.54) is 6.07 Å². The second-order valence-corrected chi connectivity index (χ2v) is 8.82. The number of hydrogen-bond donors (Lipinski definition) is 0. The van der Waals surface area contributed by atoms with E-state index in [-0.39, 0.29) is 11.1 Å². The Labute approximate surface area is 193 Å². The highest BCUT2D eigenvalue weighted by Crippen LogP contribution is 2.57. The van der Waals surface area contributed by atoms with Crippen molar-refractivity contribution in [3.63, 3.8) is 0 Å². The van der Waals surface area contributed by atoms with Gasteiger partial charge in [0, 0.05) is 16.1 Å². The molecule has 0 radical (unpaired) electrons. The molecule has 2 heterocycles. The first-order chi connectivity index (χ1) is 15.9. The highest BCUT2D eigenvalue weighted by atomic mass is 35.5. The summed E-state index contributed by atoms with van der Waals surface area (Å²) in [6, 6.07) is 21.7. The monoisotopic (exact) mass is 457 g/mol. The molecule has 2 aliphatic heterocycles. The van der Waals surface area contributed by atoms with Crippen molar-refractivity contribution in [2.45, 2.75) is 11.7 Å². The Morgan fingerprint density at radius 1 is 0.758 bits per heavy atom. The van der Waals surface area contributed by atoms with Gasteiger partial charge in [-0.3, -0.25) is 19.2 Å². The van der Waals surface area contributed by atoms with E-state index in [0.29, 0.717) is 16.3 Å². The summed E-state index contributed by atoms with van der Waals surface area (Å²) in [4.78, 5) is 55.8. The minimum atomic E-state index is -2.07. The molecule has 0 N–H and O–H groups in total. The molecule has 3 aromatic carbocycles. The Bertz CT molecular complexity index is 1330. The molecule has 0 unspecified atom stereocenters. The largest absolute Gasteiger partial charge is 0.349 e. The van der Waals surface area contributed by atoms with Gasteiger partial charge >= 0.3 is 0 Å². The zero-order valence-corrected chi connectivity index (χ0v) is 17.9. The van der Waals surface area contributed by atoms with Gasteiger partial charge in [0.2, 0.25) is 29.0 Å². The number of nitrogens with zero attached hydrogens (tertiary/aromatic N) is 1. The van der Waals surface area contributed by atoms with E-state index in [2.05, 4.69) is 0 Å². The van der Waals surface area contributed by atoms with Crippen molar-refractivity contribution >= 4 is 40.7 Å². The fraction of sp³-hybridized carbons (Fsp3) is 0.154. The van der Waals surface area contributed by atoms with Crippen LogP contribution in [0.1, 0.15) is 32.4 Å². The molecular weight excluding hydrogens is 442 g/mol. The van der Waals surface area contributed by atoms with Gasteiger partial charge in [0.25, 0.3) is 0 Å². The minimum absolute atomic E-state index is 0.205. The number of halogens is 1. The van der Waals surface area contributed by atoms with Crippen molar-refractivity contribution in [2.75, 3.05) is 4.90 Å². The van der Waals surface area contributed by atoms with Gasteiger partial charge in [-0.2, -0.15) is 0 Å². The molecule has 1 spiro atoms. The summed E-state index contributed by atoms with van der Waals surface area (Å²) in [7, 11) is 0. The van der Waals surface area contributed by atoms with Crippen LogP contribution in [0.4, 0.5) is 5.69 Å². The van der Waals surface area contributed by atoms with Crippen LogP contribution in [-0.2, 0) is 14.3 Å². The van der Waals surface area contributed by atoms with Crippen LogP contribution < -0.4 is 4.90 Å². The number of fused-ring (bicyclic) bond motifs is 3. The lowest BCUT2D eigenvalue weighted by Crippen LogP contribution is -2.51. The van der Waals surface area contributed by atoms with E-state index in [1.54, 1.807) is 66.7 Å². The zero-order chi connectivity index (χ0) is 22.9. The molecule has 0 aromatic heterocycles. The van der Waals surface area contributed by atoms with Crippen LogP contribution in [0.15, 0.2) is 78.9 Å². The van der Waals surface area contributed by atoms with Crippen molar-refractivity contribution in [3.8, 4) is 0 Å². The van der Waals surface area contributed by atoms with E-state index in [0.717, 1.165) is 4.90 Å². The van der Waals surface area contributed by atoms with E-state index in [9.17, 15) is 19.2 Å². The summed E-state index contributed by atoms with van der Waals surface area (Å²) in [5.41, 5.74) is -0.748. The maximum absolute atomic E-state index is 13.8. The predicted molar refractivity (Wildman–Crippen MR) is 119 cm³/mol. The average Bonchev–Trinajstić information content (AvgIpc) is 3.40. The number of ketones is 2. The highest BCUT2D eigenvalue weighted by Gasteiger charge is 2.74. The van der Waals surface area contributed by atoms with Crippen LogP contribution in [0, 0.1) is 11.8 Å². The summed E-state index contributed by atoms with van der Waals surface area (Å²) in [6.07, 6.45) is -0.931. The van der Waals surface area contributed by atoms with Gasteiger partial charge in [-0.15, -0.1) is 0 Å². The molecule has 1 aliphatic carbocycles. The van der Waals surface area contributed by atoms with Crippen molar-refractivity contribution in [1.29, 1.82) is 0 Å². The Morgan fingerprint density at radius 3 is 2.03 bits per heavy atom. The third-order valence-corrected chi connectivity index (χ3v) is 6.95. The van der Waals surface area contributed by atoms with Crippen LogP contribution in [0.25, 0.3) is 0 Å². The molecule has 3 aromatic rings. The molecule has 2 fully saturated rings. The van der Waals surface area contributed by atoms with Gasteiger partial charge < -0.3 is 4.74 Å². The number of ether oxygens (including phenoxy) is 1. The summed E-state index contributed by atoms with van der Waals surface area (Å²) in [5, 5.41) is 0.358. The number of rotatable bonds is 2. The smallest absolute Gasteiger partial charge is 0.241 e. The fourth-order valence-corrected chi connectivity index (χ4v) is 5.52. The second kappa shape index (κ2) is 6.94. The van der Waals surface area contributed by atoms with Gasteiger partial charge in [0.05, 0.1) is 23.6 Å². The number of imide groups is 1. The maximum Gasteiger partial charge on any atom is 0.241 e. The SMILES string of the molecule is O=C1[C@H]2[C@@H](c3ccccc3)OC3(C(=O)c4ccccc4C3=O)[C@H]2C(=O)N1c1cccc(Cl)c1. The second-order valence-electron chi connectivity index (χ2n) is 8.38. The first-order valence-corrected chi connectivity index (χ1v) is 10.9. The maximum atomic E-state index is 13.8. The zero-order valence-electron chi connectivity index (χ0n) is 17.1. The van der Waals surface area contributed by atoms with Gasteiger partial charge in [-0.05, 0) is 23.8 Å². The lowest BCUT2D eigenvalue weighted by atomic mass is 9.77. The number of benzene rings is 3. The molecule has 33 heavy (non-hydrogen) atoms. The van der Waals surface area contributed by atoms with Crippen molar-refractivity contribution in [3.05, 3.63) is 101 Å². The Kier molecular flexibility index (Phi) is 4.21. The van der Waals surface area contributed by atoms with E-state index < -0.39 is 46.9 Å². The summed E-state index contributed by atoms with van der Waals surface area (Å²) < 4.78 is 6.23. The van der Waals surface area contributed by atoms with E-state index >= 15 is 0 Å². The number of anilines is 1. The van der Waals surface area contributed by atoms with Gasteiger partial charge in [-0.1, -0.05) is 72.3 Å². The Balaban J connectivity index is 1.56. The first kappa shape index (κ1) is 20.0. The molecule has 6 nitrogen and oxygen atoms in total. The minimum Gasteiger partial charge on any atom is -0.349 e. The van der Waals surface area contributed by atoms with Crippen molar-refractivity contribution in [2.24, 2.45) is 11.8 Å². The van der Waals surface area contributed by atoms with Crippen molar-refractivity contribution in [1.82, 2.24) is 0 Å². The van der Waals surface area contributed by atoms with E-state index in [1.807, 2.05) is 6.07 Å². The number of Topliss-reactive ketones (excluding diaryl/α,β-unsaturated/α-hetero) is 2. The van der Waals surface area contributed by atoms with Gasteiger partial charge in [0.15, 0.2) is 0 Å². The number of amides is 2. The van der Waals surface area contributed by atoms with Crippen LogP contribution in [0.2, 0.25) is 5.02 Å². The van der Waals surface area contributed by atoms with Crippen LogP contribution in [0.3, 0.4) is 0 Å². The standard InChI is InChI=1S/C26H16ClNO5/c27-15-9-6-10-16(13-15)28-24(31)19-20(25(28)32)26(33-21(19)14-7-2-1-3-8-14)22(29)17-11-4-5-12-18(17)23(26)30/h1-13,19-21H/t19-,20-,21-/m1/s1. The van der Waals surface area contributed by atoms with E-state index in [4.69, 9.17) is 16.3 Å². The third kappa shape index (κ3) is 2.53. The molecule has 0 saturated carbocycles. The molecule has 3 atom stereocenters. The highest BCUT2D eigenvalue weighted by molar-refractivity contribution is 6.37. The Hall–Kier alpha value is -3.61. The topological polar surface area (TPSA) is 80.8 Å². The molecule has 162 valence electrons.